The summed E-state index contributed by atoms with van der Waals surface area (Å²) in [5.41, 5.74) is 1.09. The van der Waals surface area contributed by atoms with Crippen LogP contribution >= 0.6 is 0 Å². The van der Waals surface area contributed by atoms with Gasteiger partial charge in [0.25, 0.3) is 5.91 Å². The average molecular weight is 333 g/mol. The summed E-state index contributed by atoms with van der Waals surface area (Å²) >= 11 is 0. The number of nitrogens with one attached hydrogen (secondary N) is 1. The highest BCUT2D eigenvalue weighted by Gasteiger charge is 2.15. The first kappa shape index (κ1) is 17.7. The molecule has 0 bridgehead atoms. The molecule has 24 heavy (non-hydrogen) atoms. The van der Waals surface area contributed by atoms with E-state index in [1.807, 2.05) is 0 Å². The molecule has 0 saturated heterocycles. The summed E-state index contributed by atoms with van der Waals surface area (Å²) in [6.45, 7) is 0.215. The van der Waals surface area contributed by atoms with Crippen molar-refractivity contribution in [3.63, 3.8) is 0 Å². The number of benzene rings is 2. The lowest BCUT2D eigenvalue weighted by Crippen LogP contribution is -2.29. The largest absolute Gasteiger partial charge is 0.493 e. The SMILES string of the molecule is COc1ccc(C(=O)NCC(OC)c2cccc(F)c2)cc1OC. The lowest BCUT2D eigenvalue weighted by Gasteiger charge is -2.17. The van der Waals surface area contributed by atoms with Gasteiger partial charge < -0.3 is 19.5 Å². The Morgan fingerprint density at radius 2 is 1.83 bits per heavy atom. The first-order chi connectivity index (χ1) is 11.6. The summed E-state index contributed by atoms with van der Waals surface area (Å²) in [4.78, 5) is 12.3. The fourth-order valence-electron chi connectivity index (χ4n) is 2.31. The normalized spacial score (nSPS) is 11.7. The fourth-order valence-corrected chi connectivity index (χ4v) is 2.31. The molecular weight excluding hydrogens is 313 g/mol. The van der Waals surface area contributed by atoms with Gasteiger partial charge in [0.15, 0.2) is 11.5 Å². The summed E-state index contributed by atoms with van der Waals surface area (Å²) in [6.07, 6.45) is -0.440. The second kappa shape index (κ2) is 8.31. The summed E-state index contributed by atoms with van der Waals surface area (Å²) in [5.74, 6) is 0.386. The van der Waals surface area contributed by atoms with Gasteiger partial charge in [-0.1, -0.05) is 12.1 Å². The predicted molar refractivity (Wildman–Crippen MR) is 88.0 cm³/mol. The molecule has 1 unspecified atom stereocenters. The van der Waals surface area contributed by atoms with Crippen molar-refractivity contribution in [1.29, 1.82) is 0 Å². The number of rotatable bonds is 7. The highest BCUT2D eigenvalue weighted by atomic mass is 19.1. The Bertz CT molecular complexity index is 705. The van der Waals surface area contributed by atoms with Crippen LogP contribution in [0.5, 0.6) is 11.5 Å². The Morgan fingerprint density at radius 3 is 2.46 bits per heavy atom. The second-order valence-corrected chi connectivity index (χ2v) is 5.06. The number of ether oxygens (including phenoxy) is 3. The molecule has 0 aliphatic rings. The molecule has 1 atom stereocenters. The molecule has 0 heterocycles. The van der Waals surface area contributed by atoms with Crippen molar-refractivity contribution >= 4 is 5.91 Å². The summed E-state index contributed by atoms with van der Waals surface area (Å²) in [6, 6.07) is 11.0. The van der Waals surface area contributed by atoms with Crippen molar-refractivity contribution in [2.24, 2.45) is 0 Å². The van der Waals surface area contributed by atoms with Crippen molar-refractivity contribution < 1.29 is 23.4 Å². The van der Waals surface area contributed by atoms with Crippen LogP contribution in [0.2, 0.25) is 0 Å². The van der Waals surface area contributed by atoms with E-state index in [4.69, 9.17) is 14.2 Å². The molecule has 1 N–H and O–H groups in total. The third-order valence-electron chi connectivity index (χ3n) is 3.60. The van der Waals surface area contributed by atoms with Crippen molar-refractivity contribution in [2.45, 2.75) is 6.10 Å². The van der Waals surface area contributed by atoms with E-state index in [9.17, 15) is 9.18 Å². The maximum Gasteiger partial charge on any atom is 0.251 e. The summed E-state index contributed by atoms with van der Waals surface area (Å²) in [5, 5.41) is 2.77. The Morgan fingerprint density at radius 1 is 1.08 bits per heavy atom. The zero-order valence-corrected chi connectivity index (χ0v) is 13.8. The molecule has 0 radical (unpaired) electrons. The van der Waals surface area contributed by atoms with Gasteiger partial charge >= 0.3 is 0 Å². The lowest BCUT2D eigenvalue weighted by atomic mass is 10.1. The molecule has 0 saturated carbocycles. The third kappa shape index (κ3) is 4.23. The predicted octanol–water partition coefficient (Wildman–Crippen LogP) is 2.96. The van der Waals surface area contributed by atoms with Crippen LogP contribution in [0.4, 0.5) is 4.39 Å². The molecule has 0 spiro atoms. The van der Waals surface area contributed by atoms with Gasteiger partial charge in [-0.05, 0) is 35.9 Å². The van der Waals surface area contributed by atoms with Gasteiger partial charge in [0.05, 0.1) is 20.3 Å². The molecule has 2 rings (SSSR count). The Labute approximate surface area is 140 Å². The molecule has 0 aliphatic carbocycles. The van der Waals surface area contributed by atoms with Gasteiger partial charge in [-0.3, -0.25) is 4.79 Å². The first-order valence-electron chi connectivity index (χ1n) is 7.37. The van der Waals surface area contributed by atoms with Crippen molar-refractivity contribution in [3.8, 4) is 11.5 Å². The minimum absolute atomic E-state index is 0.215. The van der Waals surface area contributed by atoms with Gasteiger partial charge in [0.2, 0.25) is 0 Å². The molecule has 128 valence electrons. The van der Waals surface area contributed by atoms with Crippen LogP contribution < -0.4 is 14.8 Å². The van der Waals surface area contributed by atoms with Crippen LogP contribution in [-0.4, -0.2) is 33.8 Å². The van der Waals surface area contributed by atoms with Crippen molar-refractivity contribution in [3.05, 3.63) is 59.4 Å². The summed E-state index contributed by atoms with van der Waals surface area (Å²) in [7, 11) is 4.54. The van der Waals surface area contributed by atoms with Gasteiger partial charge in [0.1, 0.15) is 5.82 Å². The number of hydrogen-bond donors (Lipinski definition) is 1. The fraction of sp³-hybridized carbons (Fsp3) is 0.278. The molecule has 5 nitrogen and oxygen atoms in total. The van der Waals surface area contributed by atoms with Crippen LogP contribution in [0.1, 0.15) is 22.0 Å². The van der Waals surface area contributed by atoms with Gasteiger partial charge in [0, 0.05) is 19.2 Å². The van der Waals surface area contributed by atoms with Crippen LogP contribution in [0.15, 0.2) is 42.5 Å². The van der Waals surface area contributed by atoms with Crippen LogP contribution in [0.25, 0.3) is 0 Å². The van der Waals surface area contributed by atoms with E-state index in [-0.39, 0.29) is 18.3 Å². The number of carbonyl (C=O) groups is 1. The highest BCUT2D eigenvalue weighted by molar-refractivity contribution is 5.94. The highest BCUT2D eigenvalue weighted by Crippen LogP contribution is 2.27. The molecule has 6 heteroatoms. The first-order valence-corrected chi connectivity index (χ1v) is 7.37. The monoisotopic (exact) mass is 333 g/mol. The van der Waals surface area contributed by atoms with E-state index in [0.717, 1.165) is 0 Å². The molecule has 0 fully saturated rings. The molecule has 1 amide bonds. The smallest absolute Gasteiger partial charge is 0.251 e. The van der Waals surface area contributed by atoms with Crippen molar-refractivity contribution in [2.75, 3.05) is 27.9 Å². The number of amides is 1. The van der Waals surface area contributed by atoms with Gasteiger partial charge in [-0.2, -0.15) is 0 Å². The maximum atomic E-state index is 13.3. The quantitative estimate of drug-likeness (QED) is 0.846. The minimum atomic E-state index is -0.440. The number of methoxy groups -OCH3 is 3. The molecule has 0 aromatic heterocycles. The van der Waals surface area contributed by atoms with Crippen LogP contribution in [-0.2, 0) is 4.74 Å². The molecule has 2 aromatic rings. The standard InChI is InChI=1S/C18H20FNO4/c1-22-15-8-7-13(10-16(15)23-2)18(21)20-11-17(24-3)12-5-4-6-14(19)9-12/h4-10,17H,11H2,1-3H3,(H,20,21). The van der Waals surface area contributed by atoms with Gasteiger partial charge in [-0.15, -0.1) is 0 Å². The lowest BCUT2D eigenvalue weighted by molar-refractivity contribution is 0.0827. The van der Waals surface area contributed by atoms with E-state index >= 15 is 0 Å². The topological polar surface area (TPSA) is 56.8 Å². The number of hydrogen-bond acceptors (Lipinski definition) is 4. The zero-order valence-electron chi connectivity index (χ0n) is 13.8. The maximum absolute atomic E-state index is 13.3. The Kier molecular flexibility index (Phi) is 6.14. The van der Waals surface area contributed by atoms with Crippen LogP contribution in [0.3, 0.4) is 0 Å². The van der Waals surface area contributed by atoms with Crippen LogP contribution in [0, 0.1) is 5.82 Å². The van der Waals surface area contributed by atoms with E-state index < -0.39 is 6.10 Å². The zero-order chi connectivity index (χ0) is 17.5. The van der Waals surface area contributed by atoms with E-state index in [0.29, 0.717) is 22.6 Å². The van der Waals surface area contributed by atoms with E-state index in [1.54, 1.807) is 30.3 Å². The molecular formula is C18H20FNO4. The minimum Gasteiger partial charge on any atom is -0.493 e. The Balaban J connectivity index is 2.06. The number of halogens is 1. The second-order valence-electron chi connectivity index (χ2n) is 5.06. The summed E-state index contributed by atoms with van der Waals surface area (Å²) < 4.78 is 29.0. The number of carbonyl (C=O) groups excluding carboxylic acids is 1. The molecule has 0 aliphatic heterocycles. The van der Waals surface area contributed by atoms with Crippen molar-refractivity contribution in [1.82, 2.24) is 5.32 Å². The van der Waals surface area contributed by atoms with E-state index in [1.165, 1.54) is 33.5 Å². The molecule has 2 aromatic carbocycles. The third-order valence-corrected chi connectivity index (χ3v) is 3.60. The van der Waals surface area contributed by atoms with Gasteiger partial charge in [-0.25, -0.2) is 4.39 Å². The van der Waals surface area contributed by atoms with E-state index in [2.05, 4.69) is 5.32 Å². The Hall–Kier alpha value is -2.60. The average Bonchev–Trinajstić information content (AvgIpc) is 2.61.